The minimum Gasteiger partial charge on any atom is -0.497 e. The van der Waals surface area contributed by atoms with E-state index in [0.717, 1.165) is 49.1 Å². The fourth-order valence-corrected chi connectivity index (χ4v) is 4.21. The van der Waals surface area contributed by atoms with Crippen LogP contribution in [0.4, 0.5) is 5.69 Å². The predicted molar refractivity (Wildman–Crippen MR) is 114 cm³/mol. The molecule has 0 bridgehead atoms. The van der Waals surface area contributed by atoms with Crippen LogP contribution in [0.3, 0.4) is 0 Å². The van der Waals surface area contributed by atoms with Gasteiger partial charge in [-0.15, -0.1) is 0 Å². The van der Waals surface area contributed by atoms with Gasteiger partial charge in [0.2, 0.25) is 5.91 Å². The van der Waals surface area contributed by atoms with Gasteiger partial charge in [0.1, 0.15) is 5.75 Å². The summed E-state index contributed by atoms with van der Waals surface area (Å²) in [6, 6.07) is 15.8. The van der Waals surface area contributed by atoms with E-state index in [1.165, 1.54) is 11.1 Å². The molecule has 1 saturated heterocycles. The molecule has 2 heterocycles. The van der Waals surface area contributed by atoms with E-state index in [4.69, 9.17) is 16.3 Å². The normalized spacial score (nSPS) is 20.4. The average Bonchev–Trinajstić information content (AvgIpc) is 3.09. The standard InChI is InChI=1S/C23H25ClN2O2/c1-28-22-8-6-21(7-9-22)26-16-17(14-23(26)27)15-25-12-10-19(11-13-25)18-2-4-20(24)5-3-18/h2-10,17H,11-16H2,1H3. The monoisotopic (exact) mass is 396 g/mol. The predicted octanol–water partition coefficient (Wildman–Crippen LogP) is 4.49. The van der Waals surface area contributed by atoms with Gasteiger partial charge in [0, 0.05) is 43.3 Å². The van der Waals surface area contributed by atoms with Crippen LogP contribution in [0, 0.1) is 5.92 Å². The average molecular weight is 397 g/mol. The van der Waals surface area contributed by atoms with Crippen molar-refractivity contribution < 1.29 is 9.53 Å². The Hall–Kier alpha value is -2.30. The molecule has 0 spiro atoms. The Morgan fingerprint density at radius 1 is 1.11 bits per heavy atom. The third kappa shape index (κ3) is 4.23. The van der Waals surface area contributed by atoms with Gasteiger partial charge < -0.3 is 9.64 Å². The lowest BCUT2D eigenvalue weighted by Crippen LogP contribution is -2.34. The van der Waals surface area contributed by atoms with Crippen LogP contribution >= 0.6 is 11.6 Å². The second-order valence-corrected chi connectivity index (χ2v) is 7.95. The number of carbonyl (C=O) groups excluding carboxylic acids is 1. The summed E-state index contributed by atoms with van der Waals surface area (Å²) in [4.78, 5) is 16.9. The van der Waals surface area contributed by atoms with E-state index < -0.39 is 0 Å². The summed E-state index contributed by atoms with van der Waals surface area (Å²) < 4.78 is 5.20. The van der Waals surface area contributed by atoms with E-state index in [2.05, 4.69) is 23.1 Å². The zero-order valence-corrected chi connectivity index (χ0v) is 16.9. The molecule has 1 unspecified atom stereocenters. The van der Waals surface area contributed by atoms with Crippen molar-refractivity contribution in [1.82, 2.24) is 4.90 Å². The molecule has 146 valence electrons. The number of methoxy groups -OCH3 is 1. The molecular formula is C23H25ClN2O2. The van der Waals surface area contributed by atoms with E-state index in [9.17, 15) is 4.79 Å². The molecule has 0 radical (unpaired) electrons. The maximum atomic E-state index is 12.5. The van der Waals surface area contributed by atoms with Crippen LogP contribution in [0.1, 0.15) is 18.4 Å². The minimum atomic E-state index is 0.213. The topological polar surface area (TPSA) is 32.8 Å². The number of hydrogen-bond donors (Lipinski definition) is 0. The molecule has 0 aliphatic carbocycles. The van der Waals surface area contributed by atoms with Gasteiger partial charge in [-0.1, -0.05) is 29.8 Å². The maximum absolute atomic E-state index is 12.5. The Balaban J connectivity index is 1.34. The number of carbonyl (C=O) groups is 1. The summed E-state index contributed by atoms with van der Waals surface area (Å²) in [6.07, 6.45) is 3.96. The van der Waals surface area contributed by atoms with Gasteiger partial charge in [0.05, 0.1) is 7.11 Å². The number of halogens is 1. The second kappa shape index (κ2) is 8.38. The maximum Gasteiger partial charge on any atom is 0.227 e. The molecule has 2 aromatic carbocycles. The summed E-state index contributed by atoms with van der Waals surface area (Å²) in [5.41, 5.74) is 3.60. The van der Waals surface area contributed by atoms with E-state index in [1.54, 1.807) is 7.11 Å². The number of benzene rings is 2. The smallest absolute Gasteiger partial charge is 0.227 e. The van der Waals surface area contributed by atoms with Gasteiger partial charge in [-0.2, -0.15) is 0 Å². The summed E-state index contributed by atoms with van der Waals surface area (Å²) in [7, 11) is 1.65. The Labute approximate surface area is 171 Å². The zero-order chi connectivity index (χ0) is 19.5. The van der Waals surface area contributed by atoms with E-state index in [1.807, 2.05) is 41.3 Å². The van der Waals surface area contributed by atoms with Crippen molar-refractivity contribution in [1.29, 1.82) is 0 Å². The van der Waals surface area contributed by atoms with Crippen LogP contribution in [-0.2, 0) is 4.79 Å². The van der Waals surface area contributed by atoms with Crippen molar-refractivity contribution >= 4 is 28.8 Å². The molecule has 5 heteroatoms. The highest BCUT2D eigenvalue weighted by Gasteiger charge is 2.32. The minimum absolute atomic E-state index is 0.213. The number of anilines is 1. The van der Waals surface area contributed by atoms with E-state index in [0.29, 0.717) is 12.3 Å². The molecular weight excluding hydrogens is 372 g/mol. The van der Waals surface area contributed by atoms with Gasteiger partial charge in [0.25, 0.3) is 0 Å². The Bertz CT molecular complexity index is 861. The quantitative estimate of drug-likeness (QED) is 0.746. The number of amides is 1. The fourth-order valence-electron chi connectivity index (χ4n) is 4.08. The molecule has 2 aliphatic rings. The summed E-state index contributed by atoms with van der Waals surface area (Å²) in [6.45, 7) is 3.71. The second-order valence-electron chi connectivity index (χ2n) is 7.52. The van der Waals surface area contributed by atoms with E-state index in [-0.39, 0.29) is 5.91 Å². The Morgan fingerprint density at radius 3 is 2.50 bits per heavy atom. The molecule has 4 nitrogen and oxygen atoms in total. The Kier molecular flexibility index (Phi) is 5.69. The third-order valence-electron chi connectivity index (χ3n) is 5.61. The van der Waals surface area contributed by atoms with Crippen LogP contribution < -0.4 is 9.64 Å². The largest absolute Gasteiger partial charge is 0.497 e. The molecule has 2 aromatic rings. The van der Waals surface area contributed by atoms with Crippen LogP contribution in [0.15, 0.2) is 54.6 Å². The molecule has 1 amide bonds. The van der Waals surface area contributed by atoms with E-state index >= 15 is 0 Å². The van der Waals surface area contributed by atoms with Crippen LogP contribution in [0.2, 0.25) is 5.02 Å². The van der Waals surface area contributed by atoms with Crippen LogP contribution in [0.5, 0.6) is 5.75 Å². The first-order chi connectivity index (χ1) is 13.6. The summed E-state index contributed by atoms with van der Waals surface area (Å²) in [5, 5.41) is 0.772. The van der Waals surface area contributed by atoms with Gasteiger partial charge >= 0.3 is 0 Å². The van der Waals surface area contributed by atoms with Crippen molar-refractivity contribution in [3.05, 3.63) is 65.2 Å². The number of ether oxygens (including phenoxy) is 1. The van der Waals surface area contributed by atoms with Crippen molar-refractivity contribution in [2.24, 2.45) is 5.92 Å². The molecule has 1 atom stereocenters. The first-order valence-corrected chi connectivity index (χ1v) is 10.1. The first-order valence-electron chi connectivity index (χ1n) is 9.74. The zero-order valence-electron chi connectivity index (χ0n) is 16.1. The summed E-state index contributed by atoms with van der Waals surface area (Å²) >= 11 is 5.99. The van der Waals surface area contributed by atoms with Crippen LogP contribution in [-0.4, -0.2) is 44.1 Å². The molecule has 4 rings (SSSR count). The molecule has 0 aromatic heterocycles. The first kappa shape index (κ1) is 19.0. The highest BCUT2D eigenvalue weighted by atomic mass is 35.5. The summed E-state index contributed by atoms with van der Waals surface area (Å²) in [5.74, 6) is 1.40. The Morgan fingerprint density at radius 2 is 1.86 bits per heavy atom. The van der Waals surface area contributed by atoms with Crippen LogP contribution in [0.25, 0.3) is 5.57 Å². The lowest BCUT2D eigenvalue weighted by Gasteiger charge is -2.28. The SMILES string of the molecule is COc1ccc(N2CC(CN3CC=C(c4ccc(Cl)cc4)CC3)CC2=O)cc1. The number of nitrogens with zero attached hydrogens (tertiary/aromatic N) is 2. The highest BCUT2D eigenvalue weighted by molar-refractivity contribution is 6.30. The molecule has 0 saturated carbocycles. The molecule has 1 fully saturated rings. The van der Waals surface area contributed by atoms with Gasteiger partial charge in [-0.25, -0.2) is 0 Å². The highest BCUT2D eigenvalue weighted by Crippen LogP contribution is 2.29. The lowest BCUT2D eigenvalue weighted by atomic mass is 9.98. The van der Waals surface area contributed by atoms with Crippen molar-refractivity contribution in [3.8, 4) is 5.75 Å². The van der Waals surface area contributed by atoms with Crippen molar-refractivity contribution in [2.45, 2.75) is 12.8 Å². The molecule has 28 heavy (non-hydrogen) atoms. The van der Waals surface area contributed by atoms with Crippen molar-refractivity contribution in [2.75, 3.05) is 38.2 Å². The molecule has 2 aliphatic heterocycles. The fraction of sp³-hybridized carbons (Fsp3) is 0.348. The van der Waals surface area contributed by atoms with Crippen molar-refractivity contribution in [3.63, 3.8) is 0 Å². The third-order valence-corrected chi connectivity index (χ3v) is 5.87. The van der Waals surface area contributed by atoms with Gasteiger partial charge in [-0.05, 0) is 59.9 Å². The number of rotatable bonds is 5. The number of hydrogen-bond acceptors (Lipinski definition) is 3. The van der Waals surface area contributed by atoms with Gasteiger partial charge in [0.15, 0.2) is 0 Å². The lowest BCUT2D eigenvalue weighted by molar-refractivity contribution is -0.117. The molecule has 0 N–H and O–H groups in total. The van der Waals surface area contributed by atoms with Gasteiger partial charge in [-0.3, -0.25) is 9.69 Å².